The zero-order chi connectivity index (χ0) is 30.7. The van der Waals surface area contributed by atoms with Crippen LogP contribution >= 0.6 is 0 Å². The van der Waals surface area contributed by atoms with E-state index in [0.717, 1.165) is 50.1 Å². The molecule has 0 spiro atoms. The van der Waals surface area contributed by atoms with E-state index >= 15 is 0 Å². The fourth-order valence-corrected chi connectivity index (χ4v) is 5.91. The van der Waals surface area contributed by atoms with E-state index in [1.807, 2.05) is 72.9 Å². The second-order valence-corrected chi connectivity index (χ2v) is 11.2. The SMILES string of the molecule is c1ccc(-c2nc(-c3ccccc3)nc(-c3cc(-c4cccc(-c5cccnc5)c4)cc(-c4cccc5ccccc45)c3)n2)cc1. The van der Waals surface area contributed by atoms with Crippen molar-refractivity contribution in [2.24, 2.45) is 0 Å². The lowest BCUT2D eigenvalue weighted by Gasteiger charge is -2.14. The van der Waals surface area contributed by atoms with Gasteiger partial charge in [0.2, 0.25) is 0 Å². The van der Waals surface area contributed by atoms with Crippen LogP contribution in [0.3, 0.4) is 0 Å². The minimum Gasteiger partial charge on any atom is -0.264 e. The van der Waals surface area contributed by atoms with E-state index < -0.39 is 0 Å². The van der Waals surface area contributed by atoms with Gasteiger partial charge in [-0.15, -0.1) is 0 Å². The summed E-state index contributed by atoms with van der Waals surface area (Å²) in [5.74, 6) is 1.90. The van der Waals surface area contributed by atoms with Gasteiger partial charge >= 0.3 is 0 Å². The van der Waals surface area contributed by atoms with Gasteiger partial charge in [0, 0.05) is 34.6 Å². The fraction of sp³-hybridized carbons (Fsp3) is 0. The van der Waals surface area contributed by atoms with Gasteiger partial charge in [-0.25, -0.2) is 15.0 Å². The third-order valence-electron chi connectivity index (χ3n) is 8.18. The first kappa shape index (κ1) is 27.3. The van der Waals surface area contributed by atoms with Crippen molar-refractivity contribution in [3.05, 3.63) is 170 Å². The number of fused-ring (bicyclic) bond motifs is 1. The average Bonchev–Trinajstić information content (AvgIpc) is 3.15. The molecule has 4 heteroatoms. The molecule has 4 nitrogen and oxygen atoms in total. The molecule has 216 valence electrons. The lowest BCUT2D eigenvalue weighted by atomic mass is 9.92. The Kier molecular flexibility index (Phi) is 7.14. The molecule has 8 rings (SSSR count). The number of rotatable bonds is 6. The quantitative estimate of drug-likeness (QED) is 0.194. The number of hydrogen-bond donors (Lipinski definition) is 0. The second kappa shape index (κ2) is 12.0. The van der Waals surface area contributed by atoms with Crippen LogP contribution in [0, 0.1) is 0 Å². The molecule has 2 heterocycles. The van der Waals surface area contributed by atoms with Crippen LogP contribution in [-0.2, 0) is 0 Å². The van der Waals surface area contributed by atoms with Crippen molar-refractivity contribution < 1.29 is 0 Å². The zero-order valence-electron chi connectivity index (χ0n) is 25.0. The maximum absolute atomic E-state index is 5.07. The van der Waals surface area contributed by atoms with Gasteiger partial charge in [-0.05, 0) is 68.9 Å². The predicted molar refractivity (Wildman–Crippen MR) is 188 cm³/mol. The van der Waals surface area contributed by atoms with Crippen LogP contribution in [0.5, 0.6) is 0 Å². The molecule has 0 N–H and O–H groups in total. The van der Waals surface area contributed by atoms with E-state index in [9.17, 15) is 0 Å². The third-order valence-corrected chi connectivity index (χ3v) is 8.18. The van der Waals surface area contributed by atoms with E-state index in [0.29, 0.717) is 17.5 Å². The molecular weight excluding hydrogens is 560 g/mol. The summed E-state index contributed by atoms with van der Waals surface area (Å²) in [7, 11) is 0. The molecule has 8 aromatic rings. The predicted octanol–water partition coefficient (Wildman–Crippen LogP) is 10.4. The molecule has 0 aliphatic rings. The summed E-state index contributed by atoms with van der Waals surface area (Å²) in [5, 5.41) is 2.39. The van der Waals surface area contributed by atoms with Crippen LogP contribution in [-0.4, -0.2) is 19.9 Å². The third kappa shape index (κ3) is 5.44. The van der Waals surface area contributed by atoms with Gasteiger partial charge in [0.15, 0.2) is 17.5 Å². The first-order valence-electron chi connectivity index (χ1n) is 15.3. The molecule has 0 atom stereocenters. The Morgan fingerprint density at radius 3 is 1.52 bits per heavy atom. The van der Waals surface area contributed by atoms with Crippen molar-refractivity contribution in [1.29, 1.82) is 0 Å². The van der Waals surface area contributed by atoms with Crippen LogP contribution in [0.2, 0.25) is 0 Å². The second-order valence-electron chi connectivity index (χ2n) is 11.2. The molecule has 46 heavy (non-hydrogen) atoms. The standard InChI is InChI=1S/C42H28N4/c1-3-13-30(14-4-1)40-44-41(31-15-5-2-6-16-31)46-42(45-40)37-26-35(33-19-9-18-32(24-33)34-20-11-23-43-28-34)25-36(27-37)39-22-10-17-29-12-7-8-21-38(29)39/h1-28H. The summed E-state index contributed by atoms with van der Waals surface area (Å²) in [4.78, 5) is 19.4. The Labute approximate surface area is 267 Å². The number of pyridine rings is 1. The minimum atomic E-state index is 0.624. The maximum atomic E-state index is 5.07. The maximum Gasteiger partial charge on any atom is 0.164 e. The summed E-state index contributed by atoms with van der Waals surface area (Å²) in [6.07, 6.45) is 3.70. The van der Waals surface area contributed by atoms with Gasteiger partial charge in [0.1, 0.15) is 0 Å². The van der Waals surface area contributed by atoms with Gasteiger partial charge in [-0.1, -0.05) is 127 Å². The van der Waals surface area contributed by atoms with E-state index in [4.69, 9.17) is 15.0 Å². The Morgan fingerprint density at radius 2 is 0.826 bits per heavy atom. The molecule has 0 aliphatic heterocycles. The number of aromatic nitrogens is 4. The highest BCUT2D eigenvalue weighted by Gasteiger charge is 2.16. The fourth-order valence-electron chi connectivity index (χ4n) is 5.91. The van der Waals surface area contributed by atoms with Gasteiger partial charge in [-0.2, -0.15) is 0 Å². The lowest BCUT2D eigenvalue weighted by Crippen LogP contribution is -2.00. The Morgan fingerprint density at radius 1 is 0.326 bits per heavy atom. The summed E-state index contributed by atoms with van der Waals surface area (Å²) >= 11 is 0. The topological polar surface area (TPSA) is 51.6 Å². The summed E-state index contributed by atoms with van der Waals surface area (Å²) in [6.45, 7) is 0. The minimum absolute atomic E-state index is 0.624. The smallest absolute Gasteiger partial charge is 0.164 e. The van der Waals surface area contributed by atoms with E-state index in [-0.39, 0.29) is 0 Å². The molecule has 0 aliphatic carbocycles. The van der Waals surface area contributed by atoms with Gasteiger partial charge in [0.05, 0.1) is 0 Å². The molecule has 2 aromatic heterocycles. The molecule has 0 bridgehead atoms. The zero-order valence-corrected chi connectivity index (χ0v) is 25.0. The molecule has 0 saturated carbocycles. The highest BCUT2D eigenvalue weighted by atomic mass is 15.0. The van der Waals surface area contributed by atoms with E-state index in [1.165, 1.54) is 10.8 Å². The van der Waals surface area contributed by atoms with Crippen LogP contribution in [0.25, 0.3) is 78.3 Å². The largest absolute Gasteiger partial charge is 0.264 e. The number of nitrogens with zero attached hydrogens (tertiary/aromatic N) is 4. The monoisotopic (exact) mass is 588 g/mol. The van der Waals surface area contributed by atoms with Gasteiger partial charge in [-0.3, -0.25) is 4.98 Å². The summed E-state index contributed by atoms with van der Waals surface area (Å²) in [6, 6.07) is 54.5. The van der Waals surface area contributed by atoms with Crippen molar-refractivity contribution in [2.45, 2.75) is 0 Å². The van der Waals surface area contributed by atoms with Crippen molar-refractivity contribution >= 4 is 10.8 Å². The van der Waals surface area contributed by atoms with Crippen LogP contribution in [0.1, 0.15) is 0 Å². The van der Waals surface area contributed by atoms with Gasteiger partial charge in [0.25, 0.3) is 0 Å². The lowest BCUT2D eigenvalue weighted by molar-refractivity contribution is 1.07. The number of benzene rings is 6. The highest BCUT2D eigenvalue weighted by molar-refractivity contribution is 5.98. The molecule has 0 unspecified atom stereocenters. The van der Waals surface area contributed by atoms with E-state index in [2.05, 4.69) is 96.0 Å². The molecule has 0 radical (unpaired) electrons. The molecule has 0 fully saturated rings. The van der Waals surface area contributed by atoms with Crippen LogP contribution in [0.4, 0.5) is 0 Å². The van der Waals surface area contributed by atoms with Crippen LogP contribution < -0.4 is 0 Å². The Hall–Kier alpha value is -6.26. The first-order valence-corrected chi connectivity index (χ1v) is 15.3. The average molecular weight is 589 g/mol. The summed E-state index contributed by atoms with van der Waals surface area (Å²) in [5.41, 5.74) is 9.43. The van der Waals surface area contributed by atoms with Crippen LogP contribution in [0.15, 0.2) is 170 Å². The molecular formula is C42H28N4. The summed E-state index contributed by atoms with van der Waals surface area (Å²) < 4.78 is 0. The normalized spacial score (nSPS) is 11.0. The molecule has 0 amide bonds. The van der Waals surface area contributed by atoms with E-state index in [1.54, 1.807) is 6.20 Å². The van der Waals surface area contributed by atoms with Gasteiger partial charge < -0.3 is 0 Å². The van der Waals surface area contributed by atoms with Crippen molar-refractivity contribution in [2.75, 3.05) is 0 Å². The van der Waals surface area contributed by atoms with Crippen molar-refractivity contribution in [1.82, 2.24) is 19.9 Å². The molecule has 6 aromatic carbocycles. The highest BCUT2D eigenvalue weighted by Crippen LogP contribution is 2.37. The Balaban J connectivity index is 1.37. The van der Waals surface area contributed by atoms with Crippen molar-refractivity contribution in [3.63, 3.8) is 0 Å². The van der Waals surface area contributed by atoms with Crippen molar-refractivity contribution in [3.8, 4) is 67.5 Å². The molecule has 0 saturated heterocycles. The Bertz CT molecular complexity index is 2240. The number of hydrogen-bond acceptors (Lipinski definition) is 4. The first-order chi connectivity index (χ1) is 22.8.